The number of carbonyl (C=O) groups is 10. The number of amides is 10. The third-order valence-electron chi connectivity index (χ3n) is 12.9. The molecule has 0 aliphatic carbocycles. The molecule has 0 aromatic carbocycles. The van der Waals surface area contributed by atoms with Gasteiger partial charge < -0.3 is 104 Å². The van der Waals surface area contributed by atoms with Gasteiger partial charge in [-0.1, -0.05) is 12.5 Å². The van der Waals surface area contributed by atoms with E-state index in [0.29, 0.717) is 76.7 Å². The largest absolute Gasteiger partial charge is 0.370 e. The van der Waals surface area contributed by atoms with E-state index in [1.54, 1.807) is 0 Å². The second-order valence-electron chi connectivity index (χ2n) is 19.6. The van der Waals surface area contributed by atoms with Gasteiger partial charge in [0, 0.05) is 37.9 Å². The molecule has 8 atom stereocenters. The summed E-state index contributed by atoms with van der Waals surface area (Å²) in [6.45, 7) is 4.06. The number of nitrogens with one attached hydrogen (secondary N) is 10. The number of carbonyl (C=O) groups excluding carboxylic acids is 10. The average molecular weight is 1150 g/mol. The van der Waals surface area contributed by atoms with Crippen molar-refractivity contribution in [2.75, 3.05) is 58.9 Å². The van der Waals surface area contributed by atoms with Crippen LogP contribution in [0.5, 0.6) is 0 Å². The number of imidazole rings is 1. The van der Waals surface area contributed by atoms with Crippen molar-refractivity contribution in [2.24, 2.45) is 50.9 Å². The third-order valence-corrected chi connectivity index (χ3v) is 12.9. The minimum Gasteiger partial charge on any atom is -0.370 e. The molecule has 1 aromatic rings. The maximum atomic E-state index is 14.4. The molecule has 1 saturated heterocycles. The molecule has 2 heterocycles. The van der Waals surface area contributed by atoms with E-state index in [0.717, 1.165) is 0 Å². The molecule has 0 bridgehead atoms. The Labute approximate surface area is 472 Å². The number of unbranched alkanes of at least 4 members (excludes halogenated alkanes) is 3. The molecule has 10 amide bonds. The smallest absolute Gasteiger partial charge is 0.268 e. The zero-order chi connectivity index (χ0) is 60.3. The van der Waals surface area contributed by atoms with Crippen LogP contribution in [0.2, 0.25) is 0 Å². The summed E-state index contributed by atoms with van der Waals surface area (Å²) in [5.74, 6) is -7.22. The van der Waals surface area contributed by atoms with Crippen molar-refractivity contribution < 1.29 is 47.9 Å². The predicted molar refractivity (Wildman–Crippen MR) is 302 cm³/mol. The zero-order valence-corrected chi connectivity index (χ0v) is 46.9. The lowest BCUT2D eigenvalue weighted by molar-refractivity contribution is -0.142. The van der Waals surface area contributed by atoms with Crippen molar-refractivity contribution in [1.82, 2.24) is 62.7 Å². The fraction of sp³-hybridized carbons (Fsp3) is 0.680. The Hall–Kier alpha value is -7.32. The van der Waals surface area contributed by atoms with Gasteiger partial charge in [-0.05, 0) is 130 Å². The van der Waals surface area contributed by atoms with Crippen molar-refractivity contribution in [3.8, 4) is 0 Å². The molecule has 0 radical (unpaired) electrons. The predicted octanol–water partition coefficient (Wildman–Crippen LogP) is -6.80. The monoisotopic (exact) mass is 1150 g/mol. The maximum Gasteiger partial charge on any atom is 0.268 e. The summed E-state index contributed by atoms with van der Waals surface area (Å²) < 4.78 is 0. The highest BCUT2D eigenvalue weighted by Gasteiger charge is 2.39. The van der Waals surface area contributed by atoms with E-state index in [1.807, 2.05) is 0 Å². The summed E-state index contributed by atoms with van der Waals surface area (Å²) in [4.78, 5) is 148. The number of aromatic nitrogens is 2. The number of aromatic amines is 1. The van der Waals surface area contributed by atoms with E-state index in [1.165, 1.54) is 37.3 Å². The van der Waals surface area contributed by atoms with Crippen molar-refractivity contribution >= 4 is 65.0 Å². The lowest BCUT2D eigenvalue weighted by Crippen LogP contribution is -2.59. The van der Waals surface area contributed by atoms with Crippen LogP contribution in [0.3, 0.4) is 0 Å². The van der Waals surface area contributed by atoms with Gasteiger partial charge in [0.15, 0.2) is 5.96 Å². The SMILES string of the molecule is CC(NC(=O)[C@H](CCN)NC(=O)C(N)CCCCN)C(=O)NCC(=O)N[C@H](CCCN)C(=O)N1CCC[C@H]1C(=O)NC(Cc1cnc[nH]1)C(=O)N[C@@H](CCCCN)C(=O)N/C(=C\CCN=C(N)N)C(=O)N[C@@H](C)C(=O)NCCCCN. The molecular formula is C50H91N21O10. The summed E-state index contributed by atoms with van der Waals surface area (Å²) in [7, 11) is 0. The zero-order valence-electron chi connectivity index (χ0n) is 46.9. The van der Waals surface area contributed by atoms with Gasteiger partial charge in [-0.15, -0.1) is 0 Å². The molecule has 1 aromatic heterocycles. The van der Waals surface area contributed by atoms with Gasteiger partial charge in [0.2, 0.25) is 53.2 Å². The number of aliphatic imine (C=N–C) groups is 1. The first-order valence-corrected chi connectivity index (χ1v) is 27.7. The molecule has 81 heavy (non-hydrogen) atoms. The topological polar surface area (TPSA) is 531 Å². The molecular weight excluding hydrogens is 1050 g/mol. The Morgan fingerprint density at radius 1 is 0.667 bits per heavy atom. The number of hydrogen-bond donors (Lipinski definition) is 18. The second kappa shape index (κ2) is 39.1. The molecule has 2 rings (SSSR count). The molecule has 26 N–H and O–H groups in total. The van der Waals surface area contributed by atoms with Crippen LogP contribution in [0.15, 0.2) is 29.3 Å². The Balaban J connectivity index is 2.27. The summed E-state index contributed by atoms with van der Waals surface area (Å²) >= 11 is 0. The van der Waals surface area contributed by atoms with Crippen molar-refractivity contribution in [3.63, 3.8) is 0 Å². The van der Waals surface area contributed by atoms with E-state index in [4.69, 9.17) is 45.9 Å². The second-order valence-corrected chi connectivity index (χ2v) is 19.6. The fourth-order valence-electron chi connectivity index (χ4n) is 8.31. The van der Waals surface area contributed by atoms with Crippen LogP contribution >= 0.6 is 0 Å². The number of nitrogens with zero attached hydrogens (tertiary/aromatic N) is 3. The Bertz CT molecular complexity index is 2230. The quantitative estimate of drug-likeness (QED) is 0.0126. The highest BCUT2D eigenvalue weighted by Crippen LogP contribution is 2.20. The van der Waals surface area contributed by atoms with Crippen LogP contribution in [-0.4, -0.2) is 187 Å². The van der Waals surface area contributed by atoms with Crippen LogP contribution in [0.25, 0.3) is 0 Å². The van der Waals surface area contributed by atoms with Crippen LogP contribution in [0.4, 0.5) is 0 Å². The van der Waals surface area contributed by atoms with Crippen LogP contribution in [0.1, 0.15) is 109 Å². The molecule has 1 aliphatic rings. The number of H-pyrrole nitrogens is 1. The normalized spacial score (nSPS) is 15.7. The summed E-state index contributed by atoms with van der Waals surface area (Å²) in [6, 6.07) is -9.13. The number of guanidine groups is 1. The van der Waals surface area contributed by atoms with Gasteiger partial charge >= 0.3 is 0 Å². The first-order chi connectivity index (χ1) is 38.7. The van der Waals surface area contributed by atoms with Gasteiger partial charge in [-0.25, -0.2) is 4.98 Å². The number of rotatable bonds is 40. The molecule has 3 unspecified atom stereocenters. The first kappa shape index (κ1) is 69.8. The van der Waals surface area contributed by atoms with E-state index in [-0.39, 0.29) is 89.3 Å². The van der Waals surface area contributed by atoms with Gasteiger partial charge in [-0.2, -0.15) is 0 Å². The highest BCUT2D eigenvalue weighted by atomic mass is 16.2. The minimum atomic E-state index is -1.36. The van der Waals surface area contributed by atoms with Gasteiger partial charge in [0.25, 0.3) is 5.91 Å². The van der Waals surface area contributed by atoms with Crippen LogP contribution < -0.4 is 93.7 Å². The van der Waals surface area contributed by atoms with Gasteiger partial charge in [-0.3, -0.25) is 52.9 Å². The van der Waals surface area contributed by atoms with Crippen molar-refractivity contribution in [3.05, 3.63) is 30.0 Å². The van der Waals surface area contributed by atoms with E-state index < -0.39 is 114 Å². The molecule has 1 fully saturated rings. The van der Waals surface area contributed by atoms with Gasteiger partial charge in [0.05, 0.1) is 18.9 Å². The highest BCUT2D eigenvalue weighted by molar-refractivity contribution is 6.02. The molecule has 456 valence electrons. The van der Waals surface area contributed by atoms with Crippen LogP contribution in [-0.2, 0) is 54.4 Å². The molecule has 0 saturated carbocycles. The van der Waals surface area contributed by atoms with E-state index in [2.05, 4.69) is 62.8 Å². The Morgan fingerprint density at radius 3 is 1.91 bits per heavy atom. The molecule has 31 heteroatoms. The van der Waals surface area contributed by atoms with E-state index >= 15 is 0 Å². The van der Waals surface area contributed by atoms with E-state index in [9.17, 15) is 47.9 Å². The number of nitrogens with two attached hydrogens (primary N) is 8. The fourth-order valence-corrected chi connectivity index (χ4v) is 8.31. The third kappa shape index (κ3) is 26.7. The summed E-state index contributed by atoms with van der Waals surface area (Å²) in [5.41, 5.74) is 45.4. The summed E-state index contributed by atoms with van der Waals surface area (Å²) in [5, 5.41) is 23.5. The first-order valence-electron chi connectivity index (χ1n) is 27.7. The minimum absolute atomic E-state index is 0.0363. The lowest BCUT2D eigenvalue weighted by Gasteiger charge is -2.30. The van der Waals surface area contributed by atoms with Crippen molar-refractivity contribution in [1.29, 1.82) is 0 Å². The maximum absolute atomic E-state index is 14.4. The Kier molecular flexibility index (Phi) is 33.7. The van der Waals surface area contributed by atoms with Crippen molar-refractivity contribution in [2.45, 2.75) is 158 Å². The number of hydrogen-bond acceptors (Lipinski definition) is 18. The lowest BCUT2D eigenvalue weighted by atomic mass is 10.1. The standard InChI is InChI=1S/C50H91N21O10/c1-30(41(73)60-23-8-7-20-53)64-44(76)35(15-10-24-61-50(57)58)68-46(78)34(13-4-6-19-52)69-47(79)38(26-32-27-59-29-63-32)70-48(80)39-16-11-25-71(39)49(81)37(14-9-21-54)66-40(72)28-62-42(74)31(2)65-45(77)36(17-22-55)67-43(75)33(56)12-3-5-18-51/h15,27,29-31,33-34,36-39H,3-14,16-26,28,51-56H2,1-2H3,(H,59,63)(H,60,73)(H,62,74)(H,64,76)(H,65,77)(H,66,72)(H,67,75)(H,68,78)(H,69,79)(H,70,80)(H4,57,58,61)/b35-15-/t30-,31?,33?,34-,36-,37+,38?,39-/m0/s1. The Morgan fingerprint density at radius 2 is 1.27 bits per heavy atom. The molecule has 1 aliphatic heterocycles. The summed E-state index contributed by atoms with van der Waals surface area (Å²) in [6.07, 6.45) is 8.92. The average Bonchev–Trinajstić information content (AvgIpc) is 4.18. The number of likely N-dealkylation sites (tertiary alicyclic amines) is 1. The van der Waals surface area contributed by atoms with Crippen LogP contribution in [0, 0.1) is 0 Å². The molecule has 0 spiro atoms. The molecule has 31 nitrogen and oxygen atoms in total. The van der Waals surface area contributed by atoms with Gasteiger partial charge in [0.1, 0.15) is 48.0 Å².